The molecule has 2 heterocycles. The Bertz CT molecular complexity index is 451. The summed E-state index contributed by atoms with van der Waals surface area (Å²) >= 11 is 1.48. The molecule has 1 aliphatic rings. The Balaban J connectivity index is 1.92. The van der Waals surface area contributed by atoms with Gasteiger partial charge in [0.15, 0.2) is 0 Å². The Labute approximate surface area is 112 Å². The first-order chi connectivity index (χ1) is 8.62. The van der Waals surface area contributed by atoms with Gasteiger partial charge in [0, 0.05) is 18.5 Å². The molecule has 102 valence electrons. The van der Waals surface area contributed by atoms with Crippen LogP contribution in [0.4, 0.5) is 5.69 Å². The molecule has 2 rings (SSSR count). The summed E-state index contributed by atoms with van der Waals surface area (Å²) in [6, 6.07) is 1.77. The van der Waals surface area contributed by atoms with Crippen LogP contribution in [0.2, 0.25) is 0 Å². The van der Waals surface area contributed by atoms with Crippen molar-refractivity contribution in [2.45, 2.75) is 12.8 Å². The molecule has 2 N–H and O–H groups in total. The number of rotatable bonds is 5. The predicted octanol–water partition coefficient (Wildman–Crippen LogP) is 1.34. The molecule has 0 saturated carbocycles. The summed E-state index contributed by atoms with van der Waals surface area (Å²) in [6.07, 6.45) is 1.84. The molecule has 1 aromatic heterocycles. The van der Waals surface area contributed by atoms with Gasteiger partial charge >= 0.3 is 10.2 Å². The number of piperidine rings is 1. The van der Waals surface area contributed by atoms with Crippen LogP contribution in [0.25, 0.3) is 0 Å². The minimum atomic E-state index is -3.38. The van der Waals surface area contributed by atoms with Gasteiger partial charge in [-0.25, -0.2) is 0 Å². The summed E-state index contributed by atoms with van der Waals surface area (Å²) in [6.45, 7) is 2.17. The summed E-state index contributed by atoms with van der Waals surface area (Å²) in [5.74, 6) is 0.586. The van der Waals surface area contributed by atoms with Crippen molar-refractivity contribution >= 4 is 27.2 Å². The van der Waals surface area contributed by atoms with Crippen molar-refractivity contribution in [3.05, 3.63) is 16.8 Å². The summed E-state index contributed by atoms with van der Waals surface area (Å²) in [5.41, 5.74) is 0.650. The number of anilines is 1. The molecule has 0 unspecified atom stereocenters. The minimum absolute atomic E-state index is 0.586. The maximum Gasteiger partial charge on any atom is 0.301 e. The molecule has 1 saturated heterocycles. The minimum Gasteiger partial charge on any atom is -0.319 e. The van der Waals surface area contributed by atoms with Gasteiger partial charge in [-0.1, -0.05) is 0 Å². The molecule has 1 fully saturated rings. The van der Waals surface area contributed by atoms with Gasteiger partial charge in [0.1, 0.15) is 0 Å². The van der Waals surface area contributed by atoms with Gasteiger partial charge < -0.3 is 5.32 Å². The zero-order chi connectivity index (χ0) is 13.0. The lowest BCUT2D eigenvalue weighted by molar-refractivity contribution is 0.272. The van der Waals surface area contributed by atoms with Gasteiger partial charge in [-0.15, -0.1) is 0 Å². The van der Waals surface area contributed by atoms with Crippen LogP contribution in [-0.2, 0) is 10.2 Å². The van der Waals surface area contributed by atoms with Crippen molar-refractivity contribution in [1.29, 1.82) is 0 Å². The third-order valence-corrected chi connectivity index (χ3v) is 5.40. The number of thiophene rings is 1. The highest BCUT2D eigenvalue weighted by Crippen LogP contribution is 2.21. The quantitative estimate of drug-likeness (QED) is 0.860. The van der Waals surface area contributed by atoms with E-state index in [1.54, 1.807) is 11.4 Å². The number of hydrogen-bond donors (Lipinski definition) is 2. The highest BCUT2D eigenvalue weighted by Gasteiger charge is 2.27. The Morgan fingerprint density at radius 3 is 2.72 bits per heavy atom. The van der Waals surface area contributed by atoms with Gasteiger partial charge in [0.25, 0.3) is 0 Å². The lowest BCUT2D eigenvalue weighted by Gasteiger charge is -2.31. The van der Waals surface area contributed by atoms with E-state index < -0.39 is 10.2 Å². The van der Waals surface area contributed by atoms with E-state index in [4.69, 9.17) is 0 Å². The zero-order valence-corrected chi connectivity index (χ0v) is 12.1. The predicted molar refractivity (Wildman–Crippen MR) is 75.1 cm³/mol. The molecule has 0 bridgehead atoms. The first kappa shape index (κ1) is 13.8. The summed E-state index contributed by atoms with van der Waals surface area (Å²) in [4.78, 5) is 0. The fourth-order valence-corrected chi connectivity index (χ4v) is 4.09. The largest absolute Gasteiger partial charge is 0.319 e. The van der Waals surface area contributed by atoms with Crippen LogP contribution in [0.3, 0.4) is 0 Å². The monoisotopic (exact) mass is 289 g/mol. The molecule has 1 aliphatic heterocycles. The van der Waals surface area contributed by atoms with Crippen molar-refractivity contribution in [2.24, 2.45) is 5.92 Å². The van der Waals surface area contributed by atoms with Crippen molar-refractivity contribution in [3.8, 4) is 0 Å². The van der Waals surface area contributed by atoms with E-state index in [9.17, 15) is 8.42 Å². The van der Waals surface area contributed by atoms with Crippen LogP contribution in [-0.4, -0.2) is 39.4 Å². The normalized spacial score (nSPS) is 18.9. The lowest BCUT2D eigenvalue weighted by atomic mass is 9.98. The summed E-state index contributed by atoms with van der Waals surface area (Å²) in [5, 5.41) is 6.80. The standard InChI is InChI=1S/C11H19N3O2S2/c1-12-8-10-2-5-14(6-3-10)18(15,16)13-11-4-7-17-9-11/h4,7,9-10,12-13H,2-3,5-6,8H2,1H3. The second kappa shape index (κ2) is 6.01. The molecule has 18 heavy (non-hydrogen) atoms. The van der Waals surface area contributed by atoms with Gasteiger partial charge in [0.05, 0.1) is 5.69 Å². The Morgan fingerprint density at radius 1 is 1.44 bits per heavy atom. The fraction of sp³-hybridized carbons (Fsp3) is 0.636. The van der Waals surface area contributed by atoms with Crippen molar-refractivity contribution in [1.82, 2.24) is 9.62 Å². The van der Waals surface area contributed by atoms with E-state index in [0.29, 0.717) is 24.7 Å². The molecule has 0 radical (unpaired) electrons. The van der Waals surface area contributed by atoms with Crippen molar-refractivity contribution in [2.75, 3.05) is 31.4 Å². The molecule has 0 amide bonds. The van der Waals surface area contributed by atoms with Gasteiger partial charge in [0.2, 0.25) is 0 Å². The molecular weight excluding hydrogens is 270 g/mol. The molecule has 5 nitrogen and oxygen atoms in total. The average Bonchev–Trinajstić information content (AvgIpc) is 2.82. The average molecular weight is 289 g/mol. The zero-order valence-electron chi connectivity index (χ0n) is 10.4. The first-order valence-electron chi connectivity index (χ1n) is 6.06. The van der Waals surface area contributed by atoms with Gasteiger partial charge in [-0.2, -0.15) is 24.1 Å². The van der Waals surface area contributed by atoms with Crippen molar-refractivity contribution in [3.63, 3.8) is 0 Å². The van der Waals surface area contributed by atoms with Crippen LogP contribution in [0.5, 0.6) is 0 Å². The number of hydrogen-bond acceptors (Lipinski definition) is 4. The molecule has 1 aromatic rings. The first-order valence-corrected chi connectivity index (χ1v) is 8.45. The maximum atomic E-state index is 12.1. The third-order valence-electron chi connectivity index (χ3n) is 3.17. The SMILES string of the molecule is CNCC1CCN(S(=O)(=O)Nc2ccsc2)CC1. The number of nitrogens with one attached hydrogen (secondary N) is 2. The molecule has 0 aliphatic carbocycles. The summed E-state index contributed by atoms with van der Waals surface area (Å²) in [7, 11) is -1.44. The van der Waals surface area contributed by atoms with E-state index in [1.807, 2.05) is 12.4 Å². The van der Waals surface area contributed by atoms with Gasteiger partial charge in [-0.3, -0.25) is 4.72 Å². The molecule has 0 spiro atoms. The van der Waals surface area contributed by atoms with E-state index in [1.165, 1.54) is 15.6 Å². The fourth-order valence-electron chi connectivity index (χ4n) is 2.18. The maximum absolute atomic E-state index is 12.1. The van der Waals surface area contributed by atoms with Crippen LogP contribution in [0.1, 0.15) is 12.8 Å². The van der Waals surface area contributed by atoms with Crippen LogP contribution < -0.4 is 10.0 Å². The second-order valence-corrected chi connectivity index (χ2v) is 6.97. The smallest absolute Gasteiger partial charge is 0.301 e. The van der Waals surface area contributed by atoms with Gasteiger partial charge in [-0.05, 0) is 43.8 Å². The van der Waals surface area contributed by atoms with E-state index in [0.717, 1.165) is 19.4 Å². The van der Waals surface area contributed by atoms with Crippen molar-refractivity contribution < 1.29 is 8.42 Å². The third kappa shape index (κ3) is 3.44. The Kier molecular flexibility index (Phi) is 4.60. The van der Waals surface area contributed by atoms with E-state index in [-0.39, 0.29) is 0 Å². The van der Waals surface area contributed by atoms with E-state index >= 15 is 0 Å². The molecule has 7 heteroatoms. The second-order valence-electron chi connectivity index (χ2n) is 4.52. The number of nitrogens with zero attached hydrogens (tertiary/aromatic N) is 1. The molecular formula is C11H19N3O2S2. The lowest BCUT2D eigenvalue weighted by Crippen LogP contribution is -2.42. The van der Waals surface area contributed by atoms with E-state index in [2.05, 4.69) is 10.0 Å². The van der Waals surface area contributed by atoms with Crippen LogP contribution >= 0.6 is 11.3 Å². The Hall–Kier alpha value is -0.630. The summed E-state index contributed by atoms with van der Waals surface area (Å²) < 4.78 is 28.4. The highest BCUT2D eigenvalue weighted by molar-refractivity contribution is 7.90. The Morgan fingerprint density at radius 2 is 2.17 bits per heavy atom. The highest BCUT2D eigenvalue weighted by atomic mass is 32.2. The molecule has 0 atom stereocenters. The van der Waals surface area contributed by atoms with Crippen LogP contribution in [0.15, 0.2) is 16.8 Å². The van der Waals surface area contributed by atoms with Crippen LogP contribution in [0, 0.1) is 5.92 Å². The molecule has 0 aromatic carbocycles. The topological polar surface area (TPSA) is 61.4 Å².